The highest BCUT2D eigenvalue weighted by atomic mass is 16.3. The van der Waals surface area contributed by atoms with Crippen molar-refractivity contribution in [1.29, 1.82) is 0 Å². The van der Waals surface area contributed by atoms with Gasteiger partial charge in [0.15, 0.2) is 0 Å². The van der Waals surface area contributed by atoms with Crippen molar-refractivity contribution in [2.75, 3.05) is 6.54 Å². The number of fused-ring (bicyclic) bond motifs is 1. The van der Waals surface area contributed by atoms with Gasteiger partial charge in [0.2, 0.25) is 0 Å². The van der Waals surface area contributed by atoms with Crippen LogP contribution in [0.5, 0.6) is 0 Å². The van der Waals surface area contributed by atoms with E-state index in [1.54, 1.807) is 0 Å². The van der Waals surface area contributed by atoms with Gasteiger partial charge in [0.1, 0.15) is 11.3 Å². The first kappa shape index (κ1) is 13.8. The minimum Gasteiger partial charge on any atom is -0.459 e. The molecule has 2 heterocycles. The fraction of sp³-hybridized carbons (Fsp3) is 0.278. The highest BCUT2D eigenvalue weighted by Gasteiger charge is 2.20. The second kappa shape index (κ2) is 5.70. The van der Waals surface area contributed by atoms with Crippen molar-refractivity contribution in [3.8, 4) is 0 Å². The van der Waals surface area contributed by atoms with E-state index in [1.165, 1.54) is 5.56 Å². The number of pyridine rings is 1. The lowest BCUT2D eigenvalue weighted by molar-refractivity contribution is 0.475. The van der Waals surface area contributed by atoms with Gasteiger partial charge in [-0.05, 0) is 44.2 Å². The Bertz CT molecular complexity index is 728. The molecule has 1 unspecified atom stereocenters. The van der Waals surface area contributed by atoms with E-state index in [1.807, 2.05) is 25.1 Å². The molecule has 0 aliphatic carbocycles. The molecule has 0 spiro atoms. The molecule has 1 atom stereocenters. The summed E-state index contributed by atoms with van der Waals surface area (Å²) in [5.74, 6) is 0.937. The van der Waals surface area contributed by atoms with Crippen LogP contribution in [-0.4, -0.2) is 11.5 Å². The number of para-hydroxylation sites is 1. The summed E-state index contributed by atoms with van der Waals surface area (Å²) in [6.07, 6.45) is 0. The Hall–Kier alpha value is -2.13. The number of rotatable bonds is 4. The van der Waals surface area contributed by atoms with E-state index in [2.05, 4.69) is 48.4 Å². The molecule has 0 fully saturated rings. The summed E-state index contributed by atoms with van der Waals surface area (Å²) in [6.45, 7) is 7.04. The van der Waals surface area contributed by atoms with Crippen molar-refractivity contribution in [2.45, 2.75) is 26.8 Å². The number of nitrogens with zero attached hydrogens (tertiary/aromatic N) is 1. The molecule has 0 radical (unpaired) electrons. The molecule has 2 aromatic heterocycles. The Morgan fingerprint density at radius 2 is 1.95 bits per heavy atom. The zero-order chi connectivity index (χ0) is 14.8. The number of benzene rings is 1. The second-order valence-corrected chi connectivity index (χ2v) is 5.30. The van der Waals surface area contributed by atoms with E-state index in [-0.39, 0.29) is 6.04 Å². The molecule has 3 aromatic rings. The van der Waals surface area contributed by atoms with E-state index in [0.29, 0.717) is 0 Å². The van der Waals surface area contributed by atoms with Gasteiger partial charge in [0.05, 0.1) is 6.04 Å². The van der Waals surface area contributed by atoms with Crippen molar-refractivity contribution in [2.24, 2.45) is 0 Å². The average molecular weight is 280 g/mol. The molecular weight excluding hydrogens is 260 g/mol. The van der Waals surface area contributed by atoms with E-state index in [4.69, 9.17) is 4.42 Å². The van der Waals surface area contributed by atoms with Gasteiger partial charge in [-0.1, -0.05) is 31.2 Å². The molecule has 0 aliphatic rings. The van der Waals surface area contributed by atoms with Crippen molar-refractivity contribution < 1.29 is 4.42 Å². The Kier molecular flexibility index (Phi) is 3.76. The largest absolute Gasteiger partial charge is 0.459 e. The van der Waals surface area contributed by atoms with Gasteiger partial charge >= 0.3 is 0 Å². The first-order chi connectivity index (χ1) is 10.2. The number of furan rings is 1. The maximum atomic E-state index is 6.03. The van der Waals surface area contributed by atoms with Crippen molar-refractivity contribution in [3.05, 3.63) is 65.2 Å². The summed E-state index contributed by atoms with van der Waals surface area (Å²) in [5.41, 5.74) is 4.17. The second-order valence-electron chi connectivity index (χ2n) is 5.30. The number of hydrogen-bond donors (Lipinski definition) is 1. The summed E-state index contributed by atoms with van der Waals surface area (Å²) >= 11 is 0. The van der Waals surface area contributed by atoms with Gasteiger partial charge in [-0.3, -0.25) is 4.98 Å². The summed E-state index contributed by atoms with van der Waals surface area (Å²) in [6, 6.07) is 14.4. The van der Waals surface area contributed by atoms with Crippen LogP contribution in [0, 0.1) is 13.8 Å². The topological polar surface area (TPSA) is 38.1 Å². The fourth-order valence-electron chi connectivity index (χ4n) is 2.72. The zero-order valence-corrected chi connectivity index (χ0v) is 12.7. The van der Waals surface area contributed by atoms with Crippen LogP contribution in [-0.2, 0) is 0 Å². The lowest BCUT2D eigenvalue weighted by atomic mass is 10.0. The third-order valence-corrected chi connectivity index (χ3v) is 3.71. The molecule has 0 aliphatic heterocycles. The van der Waals surface area contributed by atoms with E-state index in [0.717, 1.165) is 34.7 Å². The van der Waals surface area contributed by atoms with Gasteiger partial charge < -0.3 is 9.73 Å². The minimum absolute atomic E-state index is 0.0375. The maximum Gasteiger partial charge on any atom is 0.134 e. The number of nitrogens with one attached hydrogen (secondary N) is 1. The predicted octanol–water partition coefficient (Wildman–Crippen LogP) is 4.14. The summed E-state index contributed by atoms with van der Waals surface area (Å²) in [5, 5.41) is 4.64. The van der Waals surface area contributed by atoms with E-state index >= 15 is 0 Å². The molecule has 1 N–H and O–H groups in total. The first-order valence-electron chi connectivity index (χ1n) is 7.35. The minimum atomic E-state index is 0.0375. The summed E-state index contributed by atoms with van der Waals surface area (Å²) < 4.78 is 6.03. The van der Waals surface area contributed by atoms with E-state index in [9.17, 15) is 0 Å². The van der Waals surface area contributed by atoms with Crippen LogP contribution >= 0.6 is 0 Å². The SMILES string of the molecule is CCNC(c1cc2ccccc2o1)c1ccc(C)nc1C. The van der Waals surface area contributed by atoms with Crippen LogP contribution in [0.1, 0.15) is 35.7 Å². The molecular formula is C18H20N2O. The van der Waals surface area contributed by atoms with Crippen LogP contribution in [0.3, 0.4) is 0 Å². The Morgan fingerprint density at radius 3 is 2.67 bits per heavy atom. The molecule has 3 rings (SSSR count). The standard InChI is InChI=1S/C18H20N2O/c1-4-19-18(15-10-9-12(2)20-13(15)3)17-11-14-7-5-6-8-16(14)21-17/h5-11,18-19H,4H2,1-3H3. The van der Waals surface area contributed by atoms with Gasteiger partial charge in [0, 0.05) is 16.8 Å². The Morgan fingerprint density at radius 1 is 1.14 bits per heavy atom. The third kappa shape index (κ3) is 2.69. The molecule has 0 amide bonds. The predicted molar refractivity (Wildman–Crippen MR) is 85.4 cm³/mol. The van der Waals surface area contributed by atoms with Gasteiger partial charge in [-0.25, -0.2) is 0 Å². The average Bonchev–Trinajstić information content (AvgIpc) is 2.89. The van der Waals surface area contributed by atoms with Gasteiger partial charge in [-0.15, -0.1) is 0 Å². The summed E-state index contributed by atoms with van der Waals surface area (Å²) in [7, 11) is 0. The molecule has 1 aromatic carbocycles. The molecule has 0 bridgehead atoms. The molecule has 0 saturated carbocycles. The van der Waals surface area contributed by atoms with Crippen molar-refractivity contribution in [3.63, 3.8) is 0 Å². The van der Waals surface area contributed by atoms with Crippen molar-refractivity contribution >= 4 is 11.0 Å². The monoisotopic (exact) mass is 280 g/mol. The smallest absolute Gasteiger partial charge is 0.134 e. The lowest BCUT2D eigenvalue weighted by Gasteiger charge is -2.18. The molecule has 3 heteroatoms. The molecule has 0 saturated heterocycles. The molecule has 108 valence electrons. The lowest BCUT2D eigenvalue weighted by Crippen LogP contribution is -2.22. The first-order valence-corrected chi connectivity index (χ1v) is 7.35. The van der Waals surface area contributed by atoms with Crippen molar-refractivity contribution in [1.82, 2.24) is 10.3 Å². The molecule has 21 heavy (non-hydrogen) atoms. The number of hydrogen-bond acceptors (Lipinski definition) is 3. The van der Waals surface area contributed by atoms with Gasteiger partial charge in [0.25, 0.3) is 0 Å². The van der Waals surface area contributed by atoms with Crippen LogP contribution in [0.25, 0.3) is 11.0 Å². The van der Waals surface area contributed by atoms with Crippen LogP contribution in [0.15, 0.2) is 46.9 Å². The highest BCUT2D eigenvalue weighted by Crippen LogP contribution is 2.29. The molecule has 3 nitrogen and oxygen atoms in total. The normalized spacial score (nSPS) is 12.7. The number of aromatic nitrogens is 1. The Labute approximate surface area is 125 Å². The van der Waals surface area contributed by atoms with E-state index < -0.39 is 0 Å². The highest BCUT2D eigenvalue weighted by molar-refractivity contribution is 5.78. The summed E-state index contributed by atoms with van der Waals surface area (Å²) in [4.78, 5) is 4.57. The van der Waals surface area contributed by atoms with Crippen LogP contribution < -0.4 is 5.32 Å². The van der Waals surface area contributed by atoms with Crippen LogP contribution in [0.2, 0.25) is 0 Å². The maximum absolute atomic E-state index is 6.03. The zero-order valence-electron chi connectivity index (χ0n) is 12.7. The third-order valence-electron chi connectivity index (χ3n) is 3.71. The Balaban J connectivity index is 2.08. The number of aryl methyl sites for hydroxylation is 2. The van der Waals surface area contributed by atoms with Crippen LogP contribution in [0.4, 0.5) is 0 Å². The fourth-order valence-corrected chi connectivity index (χ4v) is 2.72. The quantitative estimate of drug-likeness (QED) is 0.780. The van der Waals surface area contributed by atoms with Gasteiger partial charge in [-0.2, -0.15) is 0 Å².